The first kappa shape index (κ1) is 14.8. The maximum absolute atomic E-state index is 9.56. The zero-order valence-electron chi connectivity index (χ0n) is 12.9. The first-order valence-electron chi connectivity index (χ1n) is 7.57. The number of nitrogens with zero attached hydrogens (tertiary/aromatic N) is 2. The Kier molecular flexibility index (Phi) is 4.00. The summed E-state index contributed by atoms with van der Waals surface area (Å²) >= 11 is 5.41. The fourth-order valence-corrected chi connectivity index (χ4v) is 3.41. The smallest absolute Gasteiger partial charge is 0.122 e. The average Bonchev–Trinajstić information content (AvgIpc) is 2.53. The van der Waals surface area contributed by atoms with Gasteiger partial charge in [0.15, 0.2) is 0 Å². The number of hydrogen-bond acceptors (Lipinski definition) is 3. The van der Waals surface area contributed by atoms with Crippen molar-refractivity contribution < 1.29 is 0 Å². The Morgan fingerprint density at radius 1 is 1.14 bits per heavy atom. The van der Waals surface area contributed by atoms with Crippen molar-refractivity contribution in [3.8, 4) is 17.2 Å². The van der Waals surface area contributed by atoms with Crippen molar-refractivity contribution in [3.05, 3.63) is 45.7 Å². The van der Waals surface area contributed by atoms with E-state index >= 15 is 0 Å². The molecule has 1 N–H and O–H groups in total. The Hall–Kier alpha value is -2.12. The van der Waals surface area contributed by atoms with Crippen molar-refractivity contribution in [2.45, 2.75) is 25.7 Å². The molecular formula is C18H19N3S. The van der Waals surface area contributed by atoms with Crippen molar-refractivity contribution >= 4 is 17.9 Å². The van der Waals surface area contributed by atoms with Gasteiger partial charge in [-0.3, -0.25) is 0 Å². The van der Waals surface area contributed by atoms with Crippen LogP contribution in [0.1, 0.15) is 29.7 Å². The number of anilines is 1. The maximum Gasteiger partial charge on any atom is 0.122 e. The SMILES string of the molecule is CN(C)c1ccc(-c2c3c([nH]c(=S)c2C#N)CCCC3)cc1. The van der Waals surface area contributed by atoms with Crippen LogP contribution in [0.25, 0.3) is 11.1 Å². The van der Waals surface area contributed by atoms with Gasteiger partial charge in [0.05, 0.1) is 5.56 Å². The minimum Gasteiger partial charge on any atom is -0.378 e. The van der Waals surface area contributed by atoms with E-state index in [9.17, 15) is 5.26 Å². The highest BCUT2D eigenvalue weighted by atomic mass is 32.1. The van der Waals surface area contributed by atoms with E-state index < -0.39 is 0 Å². The number of benzene rings is 1. The number of fused-ring (bicyclic) bond motifs is 1. The van der Waals surface area contributed by atoms with Crippen LogP contribution in [-0.2, 0) is 12.8 Å². The van der Waals surface area contributed by atoms with Crippen LogP contribution >= 0.6 is 12.2 Å². The van der Waals surface area contributed by atoms with Crippen LogP contribution in [0, 0.1) is 16.0 Å². The molecule has 1 aromatic carbocycles. The largest absolute Gasteiger partial charge is 0.378 e. The van der Waals surface area contributed by atoms with Gasteiger partial charge in [-0.05, 0) is 48.9 Å². The van der Waals surface area contributed by atoms with Crippen LogP contribution in [0.5, 0.6) is 0 Å². The van der Waals surface area contributed by atoms with Gasteiger partial charge in [0.1, 0.15) is 10.7 Å². The second-order valence-electron chi connectivity index (χ2n) is 5.92. The molecule has 0 unspecified atom stereocenters. The van der Waals surface area contributed by atoms with Gasteiger partial charge < -0.3 is 9.88 Å². The minimum atomic E-state index is 0.565. The molecule has 0 spiro atoms. The topological polar surface area (TPSA) is 42.8 Å². The number of H-pyrrole nitrogens is 1. The van der Waals surface area contributed by atoms with Gasteiger partial charge in [0, 0.05) is 31.0 Å². The van der Waals surface area contributed by atoms with Crippen LogP contribution in [-0.4, -0.2) is 19.1 Å². The quantitative estimate of drug-likeness (QED) is 0.844. The lowest BCUT2D eigenvalue weighted by atomic mass is 9.87. The lowest BCUT2D eigenvalue weighted by Crippen LogP contribution is -2.10. The fourth-order valence-electron chi connectivity index (χ4n) is 3.13. The fraction of sp³-hybridized carbons (Fsp3) is 0.333. The van der Waals surface area contributed by atoms with Gasteiger partial charge >= 0.3 is 0 Å². The molecule has 0 bridgehead atoms. The number of pyridine rings is 1. The highest BCUT2D eigenvalue weighted by Crippen LogP contribution is 2.34. The normalized spacial score (nSPS) is 13.3. The predicted octanol–water partition coefficient (Wildman–Crippen LogP) is 4.23. The van der Waals surface area contributed by atoms with E-state index in [-0.39, 0.29) is 0 Å². The van der Waals surface area contributed by atoms with Gasteiger partial charge in [-0.2, -0.15) is 5.26 Å². The summed E-state index contributed by atoms with van der Waals surface area (Å²) in [5, 5.41) is 9.56. The summed E-state index contributed by atoms with van der Waals surface area (Å²) in [6.07, 6.45) is 4.39. The Labute approximate surface area is 136 Å². The third kappa shape index (κ3) is 2.53. The molecule has 112 valence electrons. The van der Waals surface area contributed by atoms with Crippen LogP contribution in [0.2, 0.25) is 0 Å². The number of aromatic amines is 1. The van der Waals surface area contributed by atoms with E-state index in [2.05, 4.69) is 40.2 Å². The number of aryl methyl sites for hydroxylation is 1. The standard InChI is InChI=1S/C18H19N3S/c1-21(2)13-9-7-12(8-10-13)17-14-5-3-4-6-16(14)20-18(22)15(17)11-19/h7-10H,3-6H2,1-2H3,(H,20,22). The Balaban J connectivity index is 2.22. The number of aromatic nitrogens is 1. The summed E-state index contributed by atoms with van der Waals surface area (Å²) in [5.74, 6) is 0. The summed E-state index contributed by atoms with van der Waals surface area (Å²) < 4.78 is 0.565. The lowest BCUT2D eigenvalue weighted by Gasteiger charge is -2.21. The van der Waals surface area contributed by atoms with Crippen molar-refractivity contribution in [1.29, 1.82) is 5.26 Å². The number of hydrogen-bond donors (Lipinski definition) is 1. The third-order valence-electron chi connectivity index (χ3n) is 4.30. The molecule has 0 aliphatic heterocycles. The zero-order valence-corrected chi connectivity index (χ0v) is 13.8. The van der Waals surface area contributed by atoms with Gasteiger partial charge in [0.25, 0.3) is 0 Å². The van der Waals surface area contributed by atoms with Crippen LogP contribution in [0.15, 0.2) is 24.3 Å². The second kappa shape index (κ2) is 5.94. The van der Waals surface area contributed by atoms with Crippen molar-refractivity contribution in [2.75, 3.05) is 19.0 Å². The van der Waals surface area contributed by atoms with E-state index in [1.54, 1.807) is 0 Å². The molecule has 0 saturated heterocycles. The first-order chi connectivity index (χ1) is 10.6. The molecule has 4 heteroatoms. The highest BCUT2D eigenvalue weighted by molar-refractivity contribution is 7.71. The first-order valence-corrected chi connectivity index (χ1v) is 7.98. The Morgan fingerprint density at radius 2 is 1.82 bits per heavy atom. The van der Waals surface area contributed by atoms with E-state index in [4.69, 9.17) is 12.2 Å². The number of nitriles is 1. The summed E-state index contributed by atoms with van der Waals surface area (Å²) in [4.78, 5) is 5.34. The molecule has 1 aliphatic rings. The summed E-state index contributed by atoms with van der Waals surface area (Å²) in [7, 11) is 4.05. The van der Waals surface area contributed by atoms with Crippen LogP contribution < -0.4 is 4.90 Å². The third-order valence-corrected chi connectivity index (χ3v) is 4.60. The van der Waals surface area contributed by atoms with E-state index in [0.717, 1.165) is 29.7 Å². The van der Waals surface area contributed by atoms with E-state index in [0.29, 0.717) is 10.2 Å². The molecule has 0 amide bonds. The predicted molar refractivity (Wildman–Crippen MR) is 92.7 cm³/mol. The molecule has 22 heavy (non-hydrogen) atoms. The van der Waals surface area contributed by atoms with Gasteiger partial charge in [-0.15, -0.1) is 0 Å². The molecular weight excluding hydrogens is 290 g/mol. The summed E-state index contributed by atoms with van der Waals surface area (Å²) in [6.45, 7) is 0. The number of nitrogens with one attached hydrogen (secondary N) is 1. The lowest BCUT2D eigenvalue weighted by molar-refractivity contribution is 0.668. The summed E-state index contributed by atoms with van der Waals surface area (Å²) in [6, 6.07) is 10.7. The molecule has 3 rings (SSSR count). The Bertz CT molecular complexity index is 795. The second-order valence-corrected chi connectivity index (χ2v) is 6.33. The molecule has 0 atom stereocenters. The van der Waals surface area contributed by atoms with Gasteiger partial charge in [-0.1, -0.05) is 24.4 Å². The molecule has 0 fully saturated rings. The average molecular weight is 309 g/mol. The zero-order chi connectivity index (χ0) is 15.7. The molecule has 1 aromatic heterocycles. The number of rotatable bonds is 2. The van der Waals surface area contributed by atoms with Gasteiger partial charge in [0.2, 0.25) is 0 Å². The minimum absolute atomic E-state index is 0.565. The van der Waals surface area contributed by atoms with Gasteiger partial charge in [-0.25, -0.2) is 0 Å². The molecule has 1 heterocycles. The van der Waals surface area contributed by atoms with Crippen LogP contribution in [0.3, 0.4) is 0 Å². The van der Waals surface area contributed by atoms with Crippen molar-refractivity contribution in [2.24, 2.45) is 0 Å². The van der Waals surface area contributed by atoms with Crippen molar-refractivity contribution in [1.82, 2.24) is 4.98 Å². The molecule has 1 aliphatic carbocycles. The Morgan fingerprint density at radius 3 is 2.45 bits per heavy atom. The monoisotopic (exact) mass is 309 g/mol. The molecule has 2 aromatic rings. The van der Waals surface area contributed by atoms with Crippen molar-refractivity contribution in [3.63, 3.8) is 0 Å². The highest BCUT2D eigenvalue weighted by Gasteiger charge is 2.19. The van der Waals surface area contributed by atoms with Crippen LogP contribution in [0.4, 0.5) is 5.69 Å². The maximum atomic E-state index is 9.56. The van der Waals surface area contributed by atoms with E-state index in [1.165, 1.54) is 24.1 Å². The van der Waals surface area contributed by atoms with E-state index in [1.807, 2.05) is 14.1 Å². The molecule has 0 radical (unpaired) electrons. The molecule has 0 saturated carbocycles. The summed E-state index contributed by atoms with van der Waals surface area (Å²) in [5.41, 5.74) is 6.35. The molecule has 3 nitrogen and oxygen atoms in total.